The minimum Gasteiger partial charge on any atom is -0.504 e. The Bertz CT molecular complexity index is 1460. The molecule has 0 fully saturated rings. The predicted molar refractivity (Wildman–Crippen MR) is 134 cm³/mol. The Kier molecular flexibility index (Phi) is 7.53. The van der Waals surface area contributed by atoms with Crippen molar-refractivity contribution in [2.45, 2.75) is 31.2 Å². The molecule has 196 valence electrons. The second kappa shape index (κ2) is 9.95. The van der Waals surface area contributed by atoms with Crippen LogP contribution in [0.2, 0.25) is 0 Å². The van der Waals surface area contributed by atoms with Gasteiger partial charge in [0.1, 0.15) is 22.1 Å². The number of phenolic OH excluding ortho intramolecular Hbond substituents is 1. The summed E-state index contributed by atoms with van der Waals surface area (Å²) >= 11 is 0. The number of aryl methyl sites for hydroxylation is 1. The molecular formula is C22H29N5O7S2. The molecule has 0 radical (unpaired) electrons. The number of nitrogens with zero attached hydrogens (tertiary/aromatic N) is 3. The first-order valence-corrected chi connectivity index (χ1v) is 13.7. The lowest BCUT2D eigenvalue weighted by Crippen LogP contribution is -2.33. The number of carbonyl (C=O) groups excluding carboxylic acids is 1. The zero-order valence-corrected chi connectivity index (χ0v) is 22.4. The van der Waals surface area contributed by atoms with E-state index in [2.05, 4.69) is 15.0 Å². The summed E-state index contributed by atoms with van der Waals surface area (Å²) in [6, 6.07) is 6.95. The maximum absolute atomic E-state index is 13.0. The molecule has 0 spiro atoms. The summed E-state index contributed by atoms with van der Waals surface area (Å²) in [6.07, 6.45) is 0.484. The van der Waals surface area contributed by atoms with Crippen molar-refractivity contribution < 1.29 is 31.2 Å². The van der Waals surface area contributed by atoms with Crippen LogP contribution in [-0.2, 0) is 24.8 Å². The number of nitrogens with one attached hydrogen (secondary N) is 2. The van der Waals surface area contributed by atoms with Gasteiger partial charge in [0, 0.05) is 28.2 Å². The van der Waals surface area contributed by atoms with E-state index in [0.29, 0.717) is 17.9 Å². The highest BCUT2D eigenvalue weighted by molar-refractivity contribution is 7.95. The number of amides is 1. The summed E-state index contributed by atoms with van der Waals surface area (Å²) in [7, 11) is -3.07. The lowest BCUT2D eigenvalue weighted by molar-refractivity contribution is -0.124. The zero-order chi connectivity index (χ0) is 27.0. The van der Waals surface area contributed by atoms with Gasteiger partial charge in [-0.1, -0.05) is 13.0 Å². The van der Waals surface area contributed by atoms with Crippen molar-refractivity contribution >= 4 is 37.5 Å². The molecule has 1 aromatic heterocycles. The first-order valence-electron chi connectivity index (χ1n) is 10.9. The fourth-order valence-electron chi connectivity index (χ4n) is 3.43. The molecule has 0 saturated heterocycles. The Hall–Kier alpha value is -3.36. The first kappa shape index (κ1) is 27.2. The van der Waals surface area contributed by atoms with Crippen molar-refractivity contribution in [3.8, 4) is 5.75 Å². The quantitative estimate of drug-likeness (QED) is 0.424. The number of rotatable bonds is 8. The van der Waals surface area contributed by atoms with Gasteiger partial charge in [0.05, 0.1) is 11.7 Å². The number of amidine groups is 1. The average Bonchev–Trinajstić information content (AvgIpc) is 3.32. The van der Waals surface area contributed by atoms with Crippen LogP contribution in [0.3, 0.4) is 0 Å². The zero-order valence-electron chi connectivity index (χ0n) is 20.7. The number of hydrogen-bond acceptors (Lipinski definition) is 9. The van der Waals surface area contributed by atoms with Crippen LogP contribution in [0.25, 0.3) is 0 Å². The molecule has 1 aliphatic rings. The van der Waals surface area contributed by atoms with E-state index in [1.54, 1.807) is 19.1 Å². The number of para-hydroxylation sites is 1. The van der Waals surface area contributed by atoms with Crippen molar-refractivity contribution in [3.63, 3.8) is 0 Å². The third-order valence-corrected chi connectivity index (χ3v) is 8.54. The van der Waals surface area contributed by atoms with E-state index >= 15 is 0 Å². The maximum atomic E-state index is 13.0. The van der Waals surface area contributed by atoms with Crippen LogP contribution in [0.4, 0.5) is 5.69 Å². The minimum absolute atomic E-state index is 0.134. The predicted octanol–water partition coefficient (Wildman–Crippen LogP) is 1.74. The summed E-state index contributed by atoms with van der Waals surface area (Å²) in [5.74, 6) is -0.484. The molecule has 14 heteroatoms. The van der Waals surface area contributed by atoms with Crippen molar-refractivity contribution in [1.82, 2.24) is 14.5 Å². The van der Waals surface area contributed by atoms with E-state index in [9.17, 15) is 26.7 Å². The number of anilines is 1. The summed E-state index contributed by atoms with van der Waals surface area (Å²) in [6.45, 7) is 3.62. The van der Waals surface area contributed by atoms with Gasteiger partial charge in [0.15, 0.2) is 16.5 Å². The molecule has 1 aromatic carbocycles. The molecule has 1 aliphatic heterocycles. The molecule has 0 aliphatic carbocycles. The summed E-state index contributed by atoms with van der Waals surface area (Å²) in [4.78, 5) is 12.9. The van der Waals surface area contributed by atoms with E-state index in [4.69, 9.17) is 4.42 Å². The van der Waals surface area contributed by atoms with Crippen LogP contribution < -0.4 is 10.6 Å². The van der Waals surface area contributed by atoms with Crippen LogP contribution in [0.5, 0.6) is 5.75 Å². The SMILES string of the molecule is CC[C@@H](NC1=NS(=O)(=O)C(C(=O)N(C)C)=C1Nc1cccc(S(=O)(=O)N(C)C)c1O)c1ccc(C)o1. The number of aromatic hydroxyl groups is 1. The van der Waals surface area contributed by atoms with E-state index < -0.39 is 47.5 Å². The van der Waals surface area contributed by atoms with Gasteiger partial charge < -0.3 is 25.1 Å². The summed E-state index contributed by atoms with van der Waals surface area (Å²) < 4.78 is 61.6. The smallest absolute Gasteiger partial charge is 0.292 e. The molecule has 3 N–H and O–H groups in total. The van der Waals surface area contributed by atoms with Crippen molar-refractivity contribution in [2.24, 2.45) is 4.40 Å². The number of carbonyl (C=O) groups is 1. The van der Waals surface area contributed by atoms with Crippen LogP contribution in [0.1, 0.15) is 30.9 Å². The van der Waals surface area contributed by atoms with E-state index in [1.807, 2.05) is 6.92 Å². The van der Waals surface area contributed by atoms with Crippen LogP contribution in [0.15, 0.2) is 54.6 Å². The number of furan rings is 1. The van der Waals surface area contributed by atoms with Crippen LogP contribution in [-0.4, -0.2) is 71.1 Å². The Balaban J connectivity index is 2.15. The van der Waals surface area contributed by atoms with Crippen molar-refractivity contribution in [3.05, 3.63) is 52.5 Å². The Morgan fingerprint density at radius 3 is 2.36 bits per heavy atom. The Labute approximate surface area is 210 Å². The topological polar surface area (TPSA) is 162 Å². The lowest BCUT2D eigenvalue weighted by atomic mass is 10.1. The van der Waals surface area contributed by atoms with Gasteiger partial charge in [-0.2, -0.15) is 8.42 Å². The van der Waals surface area contributed by atoms with Gasteiger partial charge in [0.2, 0.25) is 10.0 Å². The second-order valence-corrected chi connectivity index (χ2v) is 12.1. The standard InChI is InChI=1S/C22H29N5O7S2/c1-7-14(16-12-11-13(2)34-16)24-21-18(20(22(29)26(3)4)35(30,31)25-21)23-15-9-8-10-17(19(15)28)36(32,33)27(5)6/h8-12,14,23,28H,7H2,1-6H3,(H,24,25)/t14-/m1/s1. The minimum atomic E-state index is -4.43. The van der Waals surface area contributed by atoms with Gasteiger partial charge in [-0.3, -0.25) is 4.79 Å². The molecule has 2 heterocycles. The summed E-state index contributed by atoms with van der Waals surface area (Å²) in [5, 5.41) is 16.5. The molecule has 12 nitrogen and oxygen atoms in total. The molecule has 0 saturated carbocycles. The third-order valence-electron chi connectivity index (χ3n) is 5.37. The number of phenols is 1. The van der Waals surface area contributed by atoms with Crippen molar-refractivity contribution in [2.75, 3.05) is 33.5 Å². The fourth-order valence-corrected chi connectivity index (χ4v) is 5.71. The highest BCUT2D eigenvalue weighted by Gasteiger charge is 2.40. The Morgan fingerprint density at radius 1 is 1.17 bits per heavy atom. The molecule has 3 rings (SSSR count). The molecule has 36 heavy (non-hydrogen) atoms. The van der Waals surface area contributed by atoms with E-state index in [1.165, 1.54) is 46.4 Å². The molecule has 0 bridgehead atoms. The van der Waals surface area contributed by atoms with Gasteiger partial charge in [-0.05, 0) is 37.6 Å². The average molecular weight is 540 g/mol. The van der Waals surface area contributed by atoms with E-state index in [-0.39, 0.29) is 17.2 Å². The van der Waals surface area contributed by atoms with E-state index in [0.717, 1.165) is 9.21 Å². The number of hydrogen-bond donors (Lipinski definition) is 3. The second-order valence-electron chi connectivity index (χ2n) is 8.44. The molecule has 0 unspecified atom stereocenters. The molecular weight excluding hydrogens is 510 g/mol. The number of benzene rings is 1. The van der Waals surface area contributed by atoms with Gasteiger partial charge in [0.25, 0.3) is 15.9 Å². The summed E-state index contributed by atoms with van der Waals surface area (Å²) in [5.41, 5.74) is -0.365. The number of sulfonamides is 2. The van der Waals surface area contributed by atoms with Crippen LogP contribution in [0, 0.1) is 6.92 Å². The fraction of sp³-hybridized carbons (Fsp3) is 0.364. The monoisotopic (exact) mass is 539 g/mol. The molecule has 2 aromatic rings. The van der Waals surface area contributed by atoms with Gasteiger partial charge in [-0.25, -0.2) is 12.7 Å². The van der Waals surface area contributed by atoms with Gasteiger partial charge in [-0.15, -0.1) is 4.40 Å². The highest BCUT2D eigenvalue weighted by atomic mass is 32.2. The van der Waals surface area contributed by atoms with Gasteiger partial charge >= 0.3 is 0 Å². The normalized spacial score (nSPS) is 16.1. The number of likely N-dealkylation sites (N-methyl/N-ethyl adjacent to an activating group) is 1. The molecule has 1 amide bonds. The Morgan fingerprint density at radius 2 is 1.83 bits per heavy atom. The molecule has 1 atom stereocenters. The maximum Gasteiger partial charge on any atom is 0.292 e. The van der Waals surface area contributed by atoms with Crippen LogP contribution >= 0.6 is 0 Å². The largest absolute Gasteiger partial charge is 0.504 e. The highest BCUT2D eigenvalue weighted by Crippen LogP contribution is 2.35. The third kappa shape index (κ3) is 5.10. The first-order chi connectivity index (χ1) is 16.7. The van der Waals surface area contributed by atoms with Crippen molar-refractivity contribution in [1.29, 1.82) is 0 Å². The lowest BCUT2D eigenvalue weighted by Gasteiger charge is -2.20.